The van der Waals surface area contributed by atoms with Crippen LogP contribution in [0.1, 0.15) is 12.0 Å². The van der Waals surface area contributed by atoms with E-state index in [1.165, 1.54) is 6.07 Å². The van der Waals surface area contributed by atoms with Gasteiger partial charge in [-0.3, -0.25) is 4.21 Å². The zero-order chi connectivity index (χ0) is 12.7. The van der Waals surface area contributed by atoms with E-state index in [0.717, 1.165) is 5.56 Å². The molecule has 0 aliphatic carbocycles. The largest absolute Gasteiger partial charge is 0.493 e. The Morgan fingerprint density at radius 3 is 2.76 bits per heavy atom. The molecule has 5 nitrogen and oxygen atoms in total. The average molecular weight is 257 g/mol. The highest BCUT2D eigenvalue weighted by Gasteiger charge is 2.04. The van der Waals surface area contributed by atoms with Crippen LogP contribution in [0.15, 0.2) is 23.4 Å². The van der Waals surface area contributed by atoms with Gasteiger partial charge in [0.1, 0.15) is 11.4 Å². The zero-order valence-electron chi connectivity index (χ0n) is 9.59. The maximum atomic E-state index is 11.1. The van der Waals surface area contributed by atoms with E-state index in [4.69, 9.17) is 9.84 Å². The molecular formula is C11H15NO4S. The fourth-order valence-electron chi connectivity index (χ4n) is 1.35. The molecule has 1 unspecified atom stereocenters. The molecule has 1 atom stereocenters. The van der Waals surface area contributed by atoms with E-state index in [1.807, 2.05) is 0 Å². The van der Waals surface area contributed by atoms with Crippen molar-refractivity contribution in [2.75, 3.05) is 19.5 Å². The Morgan fingerprint density at radius 2 is 2.18 bits per heavy atom. The number of hydrogen-bond acceptors (Lipinski definition) is 5. The summed E-state index contributed by atoms with van der Waals surface area (Å²) in [6.07, 6.45) is 2.11. The van der Waals surface area contributed by atoms with Crippen molar-refractivity contribution in [3.05, 3.63) is 28.7 Å². The minimum absolute atomic E-state index is 0.0530. The number of hydrogen-bond donors (Lipinski definition) is 1. The summed E-state index contributed by atoms with van der Waals surface area (Å²) in [6, 6.07) is 4.84. The molecule has 0 spiro atoms. The Labute approximate surface area is 102 Å². The van der Waals surface area contributed by atoms with Gasteiger partial charge >= 0.3 is 0 Å². The number of aliphatic hydroxyl groups is 1. The van der Waals surface area contributed by atoms with Gasteiger partial charge in [0.25, 0.3) is 0 Å². The highest BCUT2D eigenvalue weighted by Crippen LogP contribution is 2.24. The molecule has 0 bridgehead atoms. The molecule has 0 aliphatic rings. The number of nitrogens with zero attached hydrogens (tertiary/aromatic N) is 1. The maximum absolute atomic E-state index is 11.1. The van der Waals surface area contributed by atoms with Gasteiger partial charge in [-0.15, -0.1) is 4.91 Å². The Bertz CT molecular complexity index is 408. The number of rotatable bonds is 7. The summed E-state index contributed by atoms with van der Waals surface area (Å²) in [6.45, 7) is 0.422. The van der Waals surface area contributed by atoms with Gasteiger partial charge in [0, 0.05) is 41.9 Å². The molecule has 1 aromatic rings. The zero-order valence-corrected chi connectivity index (χ0v) is 10.4. The molecule has 0 heterocycles. The summed E-state index contributed by atoms with van der Waals surface area (Å²) >= 11 is 0. The summed E-state index contributed by atoms with van der Waals surface area (Å²) < 4.78 is 16.5. The van der Waals surface area contributed by atoms with Gasteiger partial charge < -0.3 is 9.84 Å². The van der Waals surface area contributed by atoms with Gasteiger partial charge in [0.2, 0.25) is 0 Å². The van der Waals surface area contributed by atoms with Gasteiger partial charge in [-0.1, -0.05) is 0 Å². The normalized spacial score (nSPS) is 12.1. The fourth-order valence-corrected chi connectivity index (χ4v) is 1.99. The van der Waals surface area contributed by atoms with Crippen LogP contribution in [0, 0.1) is 4.91 Å². The minimum Gasteiger partial charge on any atom is -0.493 e. The summed E-state index contributed by atoms with van der Waals surface area (Å²) in [4.78, 5) is 10.5. The lowest BCUT2D eigenvalue weighted by atomic mass is 10.2. The average Bonchev–Trinajstić information content (AvgIpc) is 2.28. The lowest BCUT2D eigenvalue weighted by molar-refractivity contribution is 0.233. The third kappa shape index (κ3) is 5.06. The van der Waals surface area contributed by atoms with E-state index in [9.17, 15) is 9.12 Å². The summed E-state index contributed by atoms with van der Waals surface area (Å²) in [5.41, 5.74) is 1.01. The molecule has 1 aromatic carbocycles. The van der Waals surface area contributed by atoms with E-state index in [1.54, 1.807) is 18.4 Å². The van der Waals surface area contributed by atoms with Crippen molar-refractivity contribution in [2.45, 2.75) is 12.2 Å². The van der Waals surface area contributed by atoms with Crippen LogP contribution < -0.4 is 4.74 Å². The van der Waals surface area contributed by atoms with Crippen molar-refractivity contribution in [2.24, 2.45) is 5.18 Å². The molecule has 1 N–H and O–H groups in total. The molecule has 0 amide bonds. The van der Waals surface area contributed by atoms with E-state index in [2.05, 4.69) is 5.18 Å². The standard InChI is InChI=1S/C11H15NO4S/c1-17(15)8-9-5-10(12-14)7-11(6-9)16-4-2-3-13/h5-7,13H,2-4,8H2,1H3. The van der Waals surface area contributed by atoms with Crippen molar-refractivity contribution in [3.63, 3.8) is 0 Å². The van der Waals surface area contributed by atoms with Crippen LogP contribution in [-0.4, -0.2) is 28.8 Å². The summed E-state index contributed by atoms with van der Waals surface area (Å²) in [5.74, 6) is 0.871. The van der Waals surface area contributed by atoms with Crippen LogP contribution in [-0.2, 0) is 16.6 Å². The van der Waals surface area contributed by atoms with Gasteiger partial charge in [-0.25, -0.2) is 0 Å². The highest BCUT2D eigenvalue weighted by atomic mass is 32.2. The van der Waals surface area contributed by atoms with Crippen LogP contribution >= 0.6 is 0 Å². The van der Waals surface area contributed by atoms with Crippen molar-refractivity contribution in [1.82, 2.24) is 0 Å². The fraction of sp³-hybridized carbons (Fsp3) is 0.455. The molecule has 0 aromatic heterocycles. The Balaban J connectivity index is 2.81. The number of benzene rings is 1. The first kappa shape index (κ1) is 13.8. The highest BCUT2D eigenvalue weighted by molar-refractivity contribution is 7.83. The third-order valence-corrected chi connectivity index (χ3v) is 2.74. The van der Waals surface area contributed by atoms with E-state index in [0.29, 0.717) is 24.5 Å². The molecule has 0 radical (unpaired) electrons. The van der Waals surface area contributed by atoms with Gasteiger partial charge in [0.15, 0.2) is 0 Å². The van der Waals surface area contributed by atoms with Crippen LogP contribution in [0.4, 0.5) is 5.69 Å². The smallest absolute Gasteiger partial charge is 0.121 e. The third-order valence-electron chi connectivity index (χ3n) is 2.00. The SMILES string of the molecule is CS(=O)Cc1cc(N=O)cc(OCCCO)c1. The second kappa shape index (κ2) is 7.13. The molecule has 0 fully saturated rings. The Hall–Kier alpha value is -1.27. The van der Waals surface area contributed by atoms with E-state index >= 15 is 0 Å². The Kier molecular flexibility index (Phi) is 5.79. The molecule has 1 rings (SSSR count). The minimum atomic E-state index is -0.982. The van der Waals surface area contributed by atoms with Crippen molar-refractivity contribution in [3.8, 4) is 5.75 Å². The predicted molar refractivity (Wildman–Crippen MR) is 66.9 cm³/mol. The summed E-state index contributed by atoms with van der Waals surface area (Å²) in [7, 11) is -0.982. The quantitative estimate of drug-likeness (QED) is 0.596. The predicted octanol–water partition coefficient (Wildman–Crippen LogP) is 1.72. The van der Waals surface area contributed by atoms with Crippen LogP contribution in [0.3, 0.4) is 0 Å². The Morgan fingerprint density at radius 1 is 1.41 bits per heavy atom. The molecule has 17 heavy (non-hydrogen) atoms. The summed E-state index contributed by atoms with van der Waals surface area (Å²) in [5, 5.41) is 11.5. The number of ether oxygens (including phenoxy) is 1. The monoisotopic (exact) mass is 257 g/mol. The van der Waals surface area contributed by atoms with Crippen LogP contribution in [0.25, 0.3) is 0 Å². The molecule has 0 saturated heterocycles. The molecule has 94 valence electrons. The second-order valence-corrected chi connectivity index (χ2v) is 5.00. The first-order valence-corrected chi connectivity index (χ1v) is 6.89. The van der Waals surface area contributed by atoms with Crippen LogP contribution in [0.5, 0.6) is 5.75 Å². The van der Waals surface area contributed by atoms with Gasteiger partial charge in [-0.05, 0) is 22.9 Å². The first-order valence-electron chi connectivity index (χ1n) is 5.16. The van der Waals surface area contributed by atoms with Crippen molar-refractivity contribution < 1.29 is 14.1 Å². The van der Waals surface area contributed by atoms with E-state index < -0.39 is 10.8 Å². The molecular weight excluding hydrogens is 242 g/mol. The number of aliphatic hydroxyl groups excluding tert-OH is 1. The number of nitroso groups, excluding NO2 is 1. The van der Waals surface area contributed by atoms with Crippen molar-refractivity contribution >= 4 is 16.5 Å². The lowest BCUT2D eigenvalue weighted by Crippen LogP contribution is -2.00. The molecule has 0 saturated carbocycles. The second-order valence-electron chi connectivity index (χ2n) is 3.57. The van der Waals surface area contributed by atoms with Gasteiger partial charge in [0.05, 0.1) is 6.61 Å². The molecule has 6 heteroatoms. The van der Waals surface area contributed by atoms with Crippen molar-refractivity contribution in [1.29, 1.82) is 0 Å². The van der Waals surface area contributed by atoms with Crippen LogP contribution in [0.2, 0.25) is 0 Å². The molecule has 0 aliphatic heterocycles. The maximum Gasteiger partial charge on any atom is 0.121 e. The van der Waals surface area contributed by atoms with Gasteiger partial charge in [-0.2, -0.15) is 0 Å². The lowest BCUT2D eigenvalue weighted by Gasteiger charge is -2.07. The van der Waals surface area contributed by atoms with E-state index in [-0.39, 0.29) is 12.3 Å². The topological polar surface area (TPSA) is 76.0 Å². The first-order chi connectivity index (χ1) is 8.15.